The number of methoxy groups -OCH3 is 1. The van der Waals surface area contributed by atoms with Crippen LogP contribution in [0.15, 0.2) is 113 Å². The molecule has 0 aromatic heterocycles. The number of hydrogen-bond donors (Lipinski definition) is 2. The highest BCUT2D eigenvalue weighted by Crippen LogP contribution is 2.28. The number of benzene rings is 3. The van der Waals surface area contributed by atoms with Crippen LogP contribution in [0.3, 0.4) is 0 Å². The van der Waals surface area contributed by atoms with Gasteiger partial charge in [0, 0.05) is 44.7 Å². The SMILES string of the molecule is COC(=O)C[C@H](/C=C(/OC(C)=O)[C@@H](O)O/C(=C(/OCc1ccccc1)[C@@H](O)Oc1ccc(CCN=[N+]=[N-])cc1)[C@H](CCOCc1ccccc1)OC(C)=O)OC(C)=O. The fraction of sp³-hybridized carbons (Fsp3) is 0.366. The molecule has 0 spiro atoms. The second kappa shape index (κ2) is 25.0. The average Bonchev–Trinajstić information content (AvgIpc) is 3.19. The first-order valence-corrected chi connectivity index (χ1v) is 18.0. The largest absolute Gasteiger partial charge is 0.484 e. The van der Waals surface area contributed by atoms with Gasteiger partial charge in [0.1, 0.15) is 18.5 Å². The molecule has 17 nitrogen and oxygen atoms in total. The Morgan fingerprint density at radius 3 is 1.95 bits per heavy atom. The average molecular weight is 806 g/mol. The predicted octanol–water partition coefficient (Wildman–Crippen LogP) is 5.48. The number of hydrogen-bond acceptors (Lipinski definition) is 15. The first-order chi connectivity index (χ1) is 27.9. The van der Waals surface area contributed by atoms with Gasteiger partial charge in [-0.2, -0.15) is 0 Å². The number of carbonyl (C=O) groups excluding carboxylic acids is 4. The van der Waals surface area contributed by atoms with Crippen LogP contribution in [0, 0.1) is 0 Å². The van der Waals surface area contributed by atoms with Crippen molar-refractivity contribution >= 4 is 23.9 Å². The molecule has 0 radical (unpaired) electrons. The van der Waals surface area contributed by atoms with Gasteiger partial charge < -0.3 is 48.1 Å². The summed E-state index contributed by atoms with van der Waals surface area (Å²) in [5.41, 5.74) is 10.9. The van der Waals surface area contributed by atoms with Crippen LogP contribution in [0.2, 0.25) is 0 Å². The van der Waals surface area contributed by atoms with E-state index in [1.165, 1.54) is 0 Å². The van der Waals surface area contributed by atoms with Gasteiger partial charge in [0.25, 0.3) is 12.6 Å². The number of aliphatic hydroxyl groups is 2. The van der Waals surface area contributed by atoms with Crippen molar-refractivity contribution in [1.29, 1.82) is 0 Å². The molecule has 0 amide bonds. The summed E-state index contributed by atoms with van der Waals surface area (Å²) in [6.07, 6.45) is -6.33. The summed E-state index contributed by atoms with van der Waals surface area (Å²) in [4.78, 5) is 51.7. The lowest BCUT2D eigenvalue weighted by Gasteiger charge is -2.28. The van der Waals surface area contributed by atoms with Crippen molar-refractivity contribution < 1.29 is 67.3 Å². The number of ether oxygens (including phenoxy) is 8. The molecule has 3 rings (SSSR count). The van der Waals surface area contributed by atoms with E-state index in [0.717, 1.165) is 45.1 Å². The van der Waals surface area contributed by atoms with Crippen LogP contribution in [0.4, 0.5) is 0 Å². The van der Waals surface area contributed by atoms with Crippen LogP contribution in [0.25, 0.3) is 10.4 Å². The quantitative estimate of drug-likeness (QED) is 0.0167. The van der Waals surface area contributed by atoms with Crippen molar-refractivity contribution in [3.63, 3.8) is 0 Å². The van der Waals surface area contributed by atoms with Gasteiger partial charge in [0.15, 0.2) is 17.6 Å². The third kappa shape index (κ3) is 17.2. The summed E-state index contributed by atoms with van der Waals surface area (Å²) in [5.74, 6) is -4.76. The normalized spacial score (nSPS) is 13.6. The van der Waals surface area contributed by atoms with Gasteiger partial charge in [-0.15, -0.1) is 0 Å². The number of nitrogens with zero attached hydrogens (tertiary/aromatic N) is 3. The van der Waals surface area contributed by atoms with Crippen molar-refractivity contribution in [3.05, 3.63) is 135 Å². The number of esters is 4. The van der Waals surface area contributed by atoms with Crippen LogP contribution in [-0.2, 0) is 72.0 Å². The lowest BCUT2D eigenvalue weighted by atomic mass is 10.1. The zero-order valence-electron chi connectivity index (χ0n) is 32.6. The van der Waals surface area contributed by atoms with E-state index in [1.54, 1.807) is 54.6 Å². The maximum Gasteiger partial charge on any atom is 0.309 e. The molecule has 0 aliphatic carbocycles. The molecule has 0 saturated carbocycles. The molecule has 4 atom stereocenters. The molecule has 0 saturated heterocycles. The molecule has 0 bridgehead atoms. The van der Waals surface area contributed by atoms with Crippen LogP contribution in [0.1, 0.15) is 50.3 Å². The Kier molecular flexibility index (Phi) is 19.8. The summed E-state index contributed by atoms with van der Waals surface area (Å²) < 4.78 is 44.7. The summed E-state index contributed by atoms with van der Waals surface area (Å²) in [5, 5.41) is 26.8. The van der Waals surface area contributed by atoms with E-state index in [1.807, 2.05) is 30.3 Å². The van der Waals surface area contributed by atoms with Gasteiger partial charge in [-0.05, 0) is 40.8 Å². The summed E-state index contributed by atoms with van der Waals surface area (Å²) in [6, 6.07) is 24.5. The van der Waals surface area contributed by atoms with Crippen molar-refractivity contribution in [2.75, 3.05) is 20.3 Å². The van der Waals surface area contributed by atoms with Gasteiger partial charge >= 0.3 is 23.9 Å². The maximum absolute atomic E-state index is 12.6. The van der Waals surface area contributed by atoms with Gasteiger partial charge in [0.05, 0.1) is 26.7 Å². The number of rotatable bonds is 24. The van der Waals surface area contributed by atoms with E-state index in [-0.39, 0.29) is 38.5 Å². The standard InChI is InChI=1S/C41H47N3O14/c1-27(45)54-34(24-37(48)51-4)23-36(56-29(3)47)40(49)58-38(35(55-28(2)46)20-22-52-25-31-11-7-5-8-12-31)39(53-26-32-13-9-6-10-14-32)41(50)57-33-17-15-30(16-18-33)19-21-43-44-42/h5-18,23,34-35,40-41,49-50H,19-22,24-26H2,1-4H3/b36-23+,39-38+/t34-,35-,40-,41-/m0/s1. The molecule has 3 aromatic carbocycles. The fourth-order valence-electron chi connectivity index (χ4n) is 5.12. The summed E-state index contributed by atoms with van der Waals surface area (Å²) in [6.45, 7) is 3.42. The molecule has 2 N–H and O–H groups in total. The summed E-state index contributed by atoms with van der Waals surface area (Å²) in [7, 11) is 1.11. The smallest absolute Gasteiger partial charge is 0.309 e. The van der Waals surface area contributed by atoms with Crippen LogP contribution < -0.4 is 4.74 Å². The van der Waals surface area contributed by atoms with E-state index < -0.39 is 72.4 Å². The molecule has 3 aromatic rings. The monoisotopic (exact) mass is 805 g/mol. The Bertz CT molecular complexity index is 1880. The third-order valence-electron chi connectivity index (χ3n) is 7.68. The van der Waals surface area contributed by atoms with Gasteiger partial charge in [-0.1, -0.05) is 77.9 Å². The number of aliphatic hydroxyl groups excluding tert-OH is 2. The molecule has 0 unspecified atom stereocenters. The Labute approximate surface area is 335 Å². The predicted molar refractivity (Wildman–Crippen MR) is 204 cm³/mol. The van der Waals surface area contributed by atoms with Crippen LogP contribution in [-0.4, -0.2) is 79.1 Å². The van der Waals surface area contributed by atoms with Crippen molar-refractivity contribution in [2.24, 2.45) is 5.11 Å². The number of azide groups is 1. The van der Waals surface area contributed by atoms with E-state index in [4.69, 9.17) is 38.7 Å². The molecule has 310 valence electrons. The van der Waals surface area contributed by atoms with Crippen molar-refractivity contribution in [2.45, 2.75) is 78.0 Å². The number of carbonyl (C=O) groups is 4. The zero-order chi connectivity index (χ0) is 42.3. The van der Waals surface area contributed by atoms with E-state index in [9.17, 15) is 29.4 Å². The van der Waals surface area contributed by atoms with E-state index in [2.05, 4.69) is 14.8 Å². The molecule has 0 heterocycles. The molecule has 17 heteroatoms. The lowest BCUT2D eigenvalue weighted by molar-refractivity contribution is -0.156. The Morgan fingerprint density at radius 2 is 1.38 bits per heavy atom. The van der Waals surface area contributed by atoms with Gasteiger partial charge in [-0.25, -0.2) is 0 Å². The summed E-state index contributed by atoms with van der Waals surface area (Å²) >= 11 is 0. The second-order valence-electron chi connectivity index (χ2n) is 12.3. The van der Waals surface area contributed by atoms with Crippen molar-refractivity contribution in [3.8, 4) is 5.75 Å². The van der Waals surface area contributed by atoms with E-state index in [0.29, 0.717) is 12.0 Å². The minimum Gasteiger partial charge on any atom is -0.484 e. The molecular formula is C41H47N3O14. The van der Waals surface area contributed by atoms with Crippen LogP contribution >= 0.6 is 0 Å². The minimum absolute atomic E-state index is 0.0453. The van der Waals surface area contributed by atoms with Gasteiger partial charge in [0.2, 0.25) is 5.76 Å². The molecule has 0 fully saturated rings. The lowest BCUT2D eigenvalue weighted by Crippen LogP contribution is -2.33. The zero-order valence-corrected chi connectivity index (χ0v) is 32.6. The molecule has 58 heavy (non-hydrogen) atoms. The van der Waals surface area contributed by atoms with Crippen LogP contribution in [0.5, 0.6) is 5.75 Å². The molecular weight excluding hydrogens is 758 g/mol. The fourth-order valence-corrected chi connectivity index (χ4v) is 5.12. The molecule has 0 aliphatic heterocycles. The first-order valence-electron chi connectivity index (χ1n) is 18.0. The molecule has 0 aliphatic rings. The Hall–Kier alpha value is -6.39. The minimum atomic E-state index is -2.25. The van der Waals surface area contributed by atoms with Gasteiger partial charge in [-0.3, -0.25) is 19.2 Å². The highest BCUT2D eigenvalue weighted by atomic mass is 16.7. The second-order valence-corrected chi connectivity index (χ2v) is 12.3. The Morgan fingerprint density at radius 1 is 0.759 bits per heavy atom. The first kappa shape index (κ1) is 46.0. The highest BCUT2D eigenvalue weighted by molar-refractivity contribution is 5.72. The van der Waals surface area contributed by atoms with E-state index >= 15 is 0 Å². The highest BCUT2D eigenvalue weighted by Gasteiger charge is 2.34. The maximum atomic E-state index is 12.6. The topological polar surface area (TPSA) is 231 Å². The van der Waals surface area contributed by atoms with Crippen molar-refractivity contribution in [1.82, 2.24) is 0 Å². The Balaban J connectivity index is 2.16. The third-order valence-corrected chi connectivity index (χ3v) is 7.68.